The lowest BCUT2D eigenvalue weighted by atomic mass is 10.1. The minimum atomic E-state index is -0.885. The minimum absolute atomic E-state index is 0.168. The van der Waals surface area contributed by atoms with Crippen LogP contribution in [0.25, 0.3) is 0 Å². The van der Waals surface area contributed by atoms with Gasteiger partial charge >= 0.3 is 5.97 Å². The number of ketones is 1. The van der Waals surface area contributed by atoms with Crippen LogP contribution in [0.3, 0.4) is 0 Å². The summed E-state index contributed by atoms with van der Waals surface area (Å²) in [5.41, 5.74) is 6.25. The number of nitrogens with one attached hydrogen (secondary N) is 1. The fourth-order valence-corrected chi connectivity index (χ4v) is 1.08. The standard InChI is InChI=1S/C9H13N3O3/c1-2-15-9(14)8(13)7(10)3-6-4-11-5-12-6/h4-5,7H,2-3,10H2,1H3,(H,11,12)/t7-/m0/s1. The maximum absolute atomic E-state index is 11.3. The summed E-state index contributed by atoms with van der Waals surface area (Å²) in [6, 6.07) is -0.885. The van der Waals surface area contributed by atoms with E-state index in [-0.39, 0.29) is 13.0 Å². The molecular formula is C9H13N3O3. The Bertz CT molecular complexity index is 334. The van der Waals surface area contributed by atoms with Crippen molar-refractivity contribution in [3.63, 3.8) is 0 Å². The lowest BCUT2D eigenvalue weighted by molar-refractivity contribution is -0.154. The number of carbonyl (C=O) groups excluding carboxylic acids is 2. The fourth-order valence-electron chi connectivity index (χ4n) is 1.08. The number of Topliss-reactive ketones (excluding diaryl/α,β-unsaturated/α-hetero) is 1. The number of nitrogens with two attached hydrogens (primary N) is 1. The molecule has 0 aliphatic rings. The van der Waals surface area contributed by atoms with Crippen LogP contribution in [0.4, 0.5) is 0 Å². The molecule has 3 N–H and O–H groups in total. The Labute approximate surface area is 86.8 Å². The van der Waals surface area contributed by atoms with E-state index in [0.717, 1.165) is 0 Å². The Kier molecular flexibility index (Phi) is 3.99. The third-order valence-corrected chi connectivity index (χ3v) is 1.81. The van der Waals surface area contributed by atoms with Gasteiger partial charge in [-0.1, -0.05) is 0 Å². The zero-order chi connectivity index (χ0) is 11.3. The second-order valence-corrected chi connectivity index (χ2v) is 2.97. The summed E-state index contributed by atoms with van der Waals surface area (Å²) < 4.78 is 4.55. The Hall–Kier alpha value is -1.69. The predicted molar refractivity (Wildman–Crippen MR) is 51.9 cm³/mol. The van der Waals surface area contributed by atoms with Crippen molar-refractivity contribution >= 4 is 11.8 Å². The first kappa shape index (κ1) is 11.4. The number of rotatable bonds is 5. The van der Waals surface area contributed by atoms with Crippen LogP contribution in [-0.2, 0) is 20.7 Å². The number of carbonyl (C=O) groups is 2. The predicted octanol–water partition coefficient (Wildman–Crippen LogP) is -0.588. The van der Waals surface area contributed by atoms with Crippen molar-refractivity contribution < 1.29 is 14.3 Å². The molecule has 0 unspecified atom stereocenters. The summed E-state index contributed by atoms with van der Waals surface area (Å²) >= 11 is 0. The highest BCUT2D eigenvalue weighted by Gasteiger charge is 2.23. The molecular weight excluding hydrogens is 198 g/mol. The molecule has 0 fully saturated rings. The number of nitrogens with zero attached hydrogens (tertiary/aromatic N) is 1. The molecule has 0 saturated heterocycles. The van der Waals surface area contributed by atoms with E-state index in [0.29, 0.717) is 5.69 Å². The van der Waals surface area contributed by atoms with Gasteiger partial charge in [0.05, 0.1) is 19.0 Å². The third kappa shape index (κ3) is 3.17. The Balaban J connectivity index is 2.50. The van der Waals surface area contributed by atoms with Gasteiger partial charge in [-0.3, -0.25) is 4.79 Å². The van der Waals surface area contributed by atoms with Gasteiger partial charge in [0.15, 0.2) is 0 Å². The third-order valence-electron chi connectivity index (χ3n) is 1.81. The molecule has 0 amide bonds. The molecule has 1 atom stereocenters. The molecule has 15 heavy (non-hydrogen) atoms. The van der Waals surface area contributed by atoms with Gasteiger partial charge in [0, 0.05) is 18.3 Å². The van der Waals surface area contributed by atoms with Crippen LogP contribution in [0.5, 0.6) is 0 Å². The van der Waals surface area contributed by atoms with E-state index in [4.69, 9.17) is 5.73 Å². The molecule has 6 nitrogen and oxygen atoms in total. The summed E-state index contributed by atoms with van der Waals surface area (Å²) in [6.07, 6.45) is 3.28. The van der Waals surface area contributed by atoms with Gasteiger partial charge in [-0.25, -0.2) is 9.78 Å². The number of H-pyrrole nitrogens is 1. The van der Waals surface area contributed by atoms with Crippen LogP contribution in [0, 0.1) is 0 Å². The number of aromatic amines is 1. The van der Waals surface area contributed by atoms with E-state index in [1.165, 1.54) is 6.33 Å². The van der Waals surface area contributed by atoms with E-state index >= 15 is 0 Å². The number of aromatic nitrogens is 2. The first-order valence-corrected chi connectivity index (χ1v) is 4.59. The van der Waals surface area contributed by atoms with Crippen LogP contribution in [0.15, 0.2) is 12.5 Å². The van der Waals surface area contributed by atoms with E-state index in [1.54, 1.807) is 13.1 Å². The van der Waals surface area contributed by atoms with E-state index in [9.17, 15) is 9.59 Å². The van der Waals surface area contributed by atoms with Crippen LogP contribution >= 0.6 is 0 Å². The molecule has 1 rings (SSSR count). The maximum Gasteiger partial charge on any atom is 0.376 e. The number of hydrogen-bond donors (Lipinski definition) is 2. The van der Waals surface area contributed by atoms with E-state index < -0.39 is 17.8 Å². The second-order valence-electron chi connectivity index (χ2n) is 2.97. The first-order chi connectivity index (χ1) is 7.15. The molecule has 0 saturated carbocycles. The molecule has 0 radical (unpaired) electrons. The van der Waals surface area contributed by atoms with Gasteiger partial charge in [0.2, 0.25) is 0 Å². The smallest absolute Gasteiger partial charge is 0.376 e. The quantitative estimate of drug-likeness (QED) is 0.501. The SMILES string of the molecule is CCOC(=O)C(=O)[C@@H](N)Cc1cnc[nH]1. The van der Waals surface area contributed by atoms with E-state index in [1.807, 2.05) is 0 Å². The summed E-state index contributed by atoms with van der Waals surface area (Å²) in [5, 5.41) is 0. The van der Waals surface area contributed by atoms with Crippen LogP contribution in [0.2, 0.25) is 0 Å². The van der Waals surface area contributed by atoms with Crippen LogP contribution < -0.4 is 5.73 Å². The summed E-state index contributed by atoms with van der Waals surface area (Å²) in [7, 11) is 0. The average molecular weight is 211 g/mol. The Morgan fingerprint density at radius 1 is 1.67 bits per heavy atom. The lowest BCUT2D eigenvalue weighted by Gasteiger charge is -2.07. The van der Waals surface area contributed by atoms with Gasteiger partial charge < -0.3 is 15.5 Å². The molecule has 1 heterocycles. The highest BCUT2D eigenvalue weighted by atomic mass is 16.5. The molecule has 0 aromatic carbocycles. The molecule has 1 aromatic heterocycles. The van der Waals surface area contributed by atoms with Crippen molar-refractivity contribution in [2.24, 2.45) is 5.73 Å². The summed E-state index contributed by atoms with van der Waals surface area (Å²) in [4.78, 5) is 28.9. The molecule has 0 aliphatic carbocycles. The number of hydrogen-bond acceptors (Lipinski definition) is 5. The van der Waals surface area contributed by atoms with Gasteiger partial charge in [-0.05, 0) is 6.92 Å². The van der Waals surface area contributed by atoms with Crippen molar-refractivity contribution in [3.8, 4) is 0 Å². The van der Waals surface area contributed by atoms with Crippen molar-refractivity contribution in [3.05, 3.63) is 18.2 Å². The molecule has 0 spiro atoms. The zero-order valence-corrected chi connectivity index (χ0v) is 8.40. The Morgan fingerprint density at radius 3 is 2.93 bits per heavy atom. The molecule has 1 aromatic rings. The zero-order valence-electron chi connectivity index (χ0n) is 8.40. The highest BCUT2D eigenvalue weighted by Crippen LogP contribution is 1.98. The van der Waals surface area contributed by atoms with Crippen molar-refractivity contribution in [1.82, 2.24) is 9.97 Å². The monoisotopic (exact) mass is 211 g/mol. The fraction of sp³-hybridized carbons (Fsp3) is 0.444. The van der Waals surface area contributed by atoms with Crippen LogP contribution in [-0.4, -0.2) is 34.4 Å². The normalized spacial score (nSPS) is 12.1. The Morgan fingerprint density at radius 2 is 2.40 bits per heavy atom. The van der Waals surface area contributed by atoms with Crippen LogP contribution in [0.1, 0.15) is 12.6 Å². The van der Waals surface area contributed by atoms with Gasteiger partial charge in [0.1, 0.15) is 0 Å². The van der Waals surface area contributed by atoms with Crippen molar-refractivity contribution in [2.45, 2.75) is 19.4 Å². The summed E-state index contributed by atoms with van der Waals surface area (Å²) in [5.74, 6) is -1.60. The number of ether oxygens (including phenoxy) is 1. The molecule has 6 heteroatoms. The topological polar surface area (TPSA) is 98.1 Å². The van der Waals surface area contributed by atoms with E-state index in [2.05, 4.69) is 14.7 Å². The van der Waals surface area contributed by atoms with Crippen molar-refractivity contribution in [2.75, 3.05) is 6.61 Å². The molecule has 82 valence electrons. The largest absolute Gasteiger partial charge is 0.460 e. The lowest BCUT2D eigenvalue weighted by Crippen LogP contribution is -2.38. The average Bonchev–Trinajstić information content (AvgIpc) is 2.69. The van der Waals surface area contributed by atoms with Gasteiger partial charge in [-0.15, -0.1) is 0 Å². The molecule has 0 bridgehead atoms. The second kappa shape index (κ2) is 5.26. The van der Waals surface area contributed by atoms with Gasteiger partial charge in [-0.2, -0.15) is 0 Å². The van der Waals surface area contributed by atoms with Crippen molar-refractivity contribution in [1.29, 1.82) is 0 Å². The minimum Gasteiger partial charge on any atom is -0.460 e. The highest BCUT2D eigenvalue weighted by molar-refractivity contribution is 6.35. The summed E-state index contributed by atoms with van der Waals surface area (Å²) in [6.45, 7) is 1.80. The number of imidazole rings is 1. The van der Waals surface area contributed by atoms with Gasteiger partial charge in [0.25, 0.3) is 5.78 Å². The maximum atomic E-state index is 11.3. The molecule has 0 aliphatic heterocycles. The number of esters is 1. The first-order valence-electron chi connectivity index (χ1n) is 4.59.